The molecule has 0 spiro atoms. The maximum atomic E-state index is 11.2. The summed E-state index contributed by atoms with van der Waals surface area (Å²) in [7, 11) is 1.44. The average molecular weight is 380 g/mol. The van der Waals surface area contributed by atoms with Gasteiger partial charge in [-0.3, -0.25) is 4.79 Å². The number of phenols is 1. The molecule has 7 heteroatoms. The van der Waals surface area contributed by atoms with Gasteiger partial charge in [0.15, 0.2) is 17.8 Å². The normalized spacial score (nSPS) is 20.8. The summed E-state index contributed by atoms with van der Waals surface area (Å²) >= 11 is 0. The minimum atomic E-state index is -0.335. The largest absolute Gasteiger partial charge is 0.504 e. The smallest absolute Gasteiger partial charge is 0.407 e. The zero-order chi connectivity index (χ0) is 19.7. The quantitative estimate of drug-likeness (QED) is 0.613. The van der Waals surface area contributed by atoms with Crippen molar-refractivity contribution >= 4 is 30.2 Å². The van der Waals surface area contributed by atoms with Crippen LogP contribution in [0.3, 0.4) is 0 Å². The summed E-state index contributed by atoms with van der Waals surface area (Å²) < 4.78 is 10.3. The van der Waals surface area contributed by atoms with Crippen molar-refractivity contribution in [2.45, 2.75) is 12.1 Å². The molecule has 2 aromatic rings. The lowest BCUT2D eigenvalue weighted by Crippen LogP contribution is -2.32. The number of ether oxygens (including phenoxy) is 2. The topological polar surface area (TPSA) is 88.1 Å². The van der Waals surface area contributed by atoms with E-state index in [2.05, 4.69) is 10.2 Å². The van der Waals surface area contributed by atoms with Gasteiger partial charge >= 0.3 is 6.09 Å². The molecule has 28 heavy (non-hydrogen) atoms. The van der Waals surface area contributed by atoms with Gasteiger partial charge in [-0.15, -0.1) is 0 Å². The number of nitrogens with zero attached hydrogens (tertiary/aromatic N) is 1. The second-order valence-electron chi connectivity index (χ2n) is 6.80. The zero-order valence-electron chi connectivity index (χ0n) is 15.3. The van der Waals surface area contributed by atoms with Crippen molar-refractivity contribution in [2.75, 3.05) is 25.1 Å². The van der Waals surface area contributed by atoms with Crippen molar-refractivity contribution < 1.29 is 24.2 Å². The maximum absolute atomic E-state index is 11.2. The van der Waals surface area contributed by atoms with Gasteiger partial charge in [-0.2, -0.15) is 0 Å². The Morgan fingerprint density at radius 3 is 2.61 bits per heavy atom. The summed E-state index contributed by atoms with van der Waals surface area (Å²) in [6, 6.07) is 11.4. The molecule has 0 aliphatic carbocycles. The molecule has 144 valence electrons. The van der Waals surface area contributed by atoms with Crippen molar-refractivity contribution in [3.8, 4) is 11.5 Å². The Kier molecular flexibility index (Phi) is 4.65. The fourth-order valence-corrected chi connectivity index (χ4v) is 3.55. The molecule has 2 atom stereocenters. The van der Waals surface area contributed by atoms with Crippen LogP contribution in [0.15, 0.2) is 36.4 Å². The first-order chi connectivity index (χ1) is 13.6. The number of benzene rings is 2. The first-order valence-corrected chi connectivity index (χ1v) is 8.94. The van der Waals surface area contributed by atoms with Crippen LogP contribution >= 0.6 is 0 Å². The van der Waals surface area contributed by atoms with E-state index >= 15 is 0 Å². The minimum absolute atomic E-state index is 0.0450. The number of carbonyl (C=O) groups excluding carboxylic acids is 2. The third-order valence-corrected chi connectivity index (χ3v) is 5.03. The molecule has 0 saturated carbocycles. The first kappa shape index (κ1) is 17.9. The lowest BCUT2D eigenvalue weighted by molar-refractivity contribution is 0.112. The van der Waals surface area contributed by atoms with Gasteiger partial charge in [-0.1, -0.05) is 24.3 Å². The van der Waals surface area contributed by atoms with E-state index in [-0.39, 0.29) is 35.3 Å². The van der Waals surface area contributed by atoms with Crippen LogP contribution in [0, 0.1) is 0 Å². The molecule has 2 heterocycles. The first-order valence-electron chi connectivity index (χ1n) is 8.94. The second-order valence-corrected chi connectivity index (χ2v) is 6.80. The molecule has 2 fully saturated rings. The number of aldehydes is 1. The third kappa shape index (κ3) is 3.38. The number of aromatic hydroxyl groups is 1. The molecular formula is C21H20N2O5. The van der Waals surface area contributed by atoms with E-state index in [0.717, 1.165) is 23.4 Å². The van der Waals surface area contributed by atoms with Gasteiger partial charge in [0.1, 0.15) is 6.10 Å². The van der Waals surface area contributed by atoms with E-state index in [1.807, 2.05) is 36.4 Å². The molecule has 2 unspecified atom stereocenters. The van der Waals surface area contributed by atoms with Gasteiger partial charge in [0.05, 0.1) is 25.3 Å². The molecule has 2 saturated heterocycles. The number of hydrogen-bond acceptors (Lipinski definition) is 6. The summed E-state index contributed by atoms with van der Waals surface area (Å²) in [4.78, 5) is 24.5. The maximum Gasteiger partial charge on any atom is 0.407 e. The van der Waals surface area contributed by atoms with Crippen molar-refractivity contribution in [3.05, 3.63) is 53.1 Å². The van der Waals surface area contributed by atoms with Gasteiger partial charge in [0.25, 0.3) is 0 Å². The predicted molar refractivity (Wildman–Crippen MR) is 105 cm³/mol. The Morgan fingerprint density at radius 1 is 1.18 bits per heavy atom. The third-order valence-electron chi connectivity index (χ3n) is 5.03. The van der Waals surface area contributed by atoms with Gasteiger partial charge in [0, 0.05) is 12.2 Å². The number of anilines is 1. The minimum Gasteiger partial charge on any atom is -0.504 e. The highest BCUT2D eigenvalue weighted by molar-refractivity contribution is 5.84. The van der Waals surface area contributed by atoms with Crippen LogP contribution in [0.4, 0.5) is 10.5 Å². The number of alkyl carbamates (subject to hydrolysis) is 1. The summed E-state index contributed by atoms with van der Waals surface area (Å²) in [5, 5.41) is 12.7. The van der Waals surface area contributed by atoms with E-state index < -0.39 is 0 Å². The summed E-state index contributed by atoms with van der Waals surface area (Å²) in [6.07, 6.45) is 3.95. The highest BCUT2D eigenvalue weighted by Gasteiger charge is 2.41. The van der Waals surface area contributed by atoms with Crippen LogP contribution in [0.25, 0.3) is 12.2 Å². The van der Waals surface area contributed by atoms with Gasteiger partial charge in [0.2, 0.25) is 0 Å². The number of hydrogen-bond donors (Lipinski definition) is 2. The van der Waals surface area contributed by atoms with E-state index in [1.54, 1.807) is 12.1 Å². The Hall–Kier alpha value is -3.48. The molecule has 2 N–H and O–H groups in total. The summed E-state index contributed by atoms with van der Waals surface area (Å²) in [5.41, 5.74) is 3.00. The van der Waals surface area contributed by atoms with Gasteiger partial charge in [-0.05, 0) is 35.4 Å². The van der Waals surface area contributed by atoms with Crippen molar-refractivity contribution in [2.24, 2.45) is 0 Å². The fourth-order valence-electron chi connectivity index (χ4n) is 3.55. The van der Waals surface area contributed by atoms with E-state index in [1.165, 1.54) is 7.11 Å². The van der Waals surface area contributed by atoms with Crippen LogP contribution in [0.2, 0.25) is 0 Å². The Balaban J connectivity index is 1.46. The zero-order valence-corrected chi connectivity index (χ0v) is 15.3. The van der Waals surface area contributed by atoms with Crippen LogP contribution in [0.5, 0.6) is 11.5 Å². The molecule has 7 nitrogen and oxygen atoms in total. The molecule has 0 radical (unpaired) electrons. The molecule has 2 aliphatic heterocycles. The van der Waals surface area contributed by atoms with Crippen LogP contribution in [0.1, 0.15) is 21.5 Å². The average Bonchev–Trinajstić information content (AvgIpc) is 3.25. The molecule has 2 aliphatic rings. The van der Waals surface area contributed by atoms with Gasteiger partial charge in [-0.25, -0.2) is 4.79 Å². The summed E-state index contributed by atoms with van der Waals surface area (Å²) in [5.74, 6) is 0.100. The molecule has 2 aromatic carbocycles. The highest BCUT2D eigenvalue weighted by Crippen LogP contribution is 2.31. The monoisotopic (exact) mass is 380 g/mol. The number of carbonyl (C=O) groups is 2. The Morgan fingerprint density at radius 2 is 1.93 bits per heavy atom. The lowest BCUT2D eigenvalue weighted by Gasteiger charge is -2.19. The molecular weight excluding hydrogens is 360 g/mol. The van der Waals surface area contributed by atoms with Crippen LogP contribution in [-0.2, 0) is 4.74 Å². The SMILES string of the molecule is COc1cc(/C=C/c2ccc(N3CC4NC(=O)OC4C3)cc2)cc(C=O)c1O. The molecule has 0 bridgehead atoms. The Labute approximate surface area is 162 Å². The van der Waals surface area contributed by atoms with E-state index in [9.17, 15) is 14.7 Å². The van der Waals surface area contributed by atoms with Crippen LogP contribution in [-0.4, -0.2) is 49.8 Å². The highest BCUT2D eigenvalue weighted by atomic mass is 16.6. The predicted octanol–water partition coefficient (Wildman–Crippen LogP) is 2.68. The fraction of sp³-hybridized carbons (Fsp3) is 0.238. The number of rotatable bonds is 5. The standard InChI is InChI=1S/C21H20N2O5/c1-27-18-9-14(8-15(12-24)20(18)25)3-2-13-4-6-16(7-5-13)23-10-17-19(11-23)28-21(26)22-17/h2-9,12,17,19,25H,10-11H2,1H3,(H,22,26)/b3-2+. The van der Waals surface area contributed by atoms with E-state index in [4.69, 9.17) is 9.47 Å². The number of fused-ring (bicyclic) bond motifs is 1. The number of phenolic OH excluding ortho intramolecular Hbond substituents is 1. The number of methoxy groups -OCH3 is 1. The van der Waals surface area contributed by atoms with Gasteiger partial charge < -0.3 is 24.8 Å². The molecule has 4 rings (SSSR count). The van der Waals surface area contributed by atoms with Crippen molar-refractivity contribution in [1.29, 1.82) is 0 Å². The number of nitrogens with one attached hydrogen (secondary N) is 1. The Bertz CT molecular complexity index is 923. The summed E-state index contributed by atoms with van der Waals surface area (Å²) in [6.45, 7) is 1.41. The second kappa shape index (κ2) is 7.26. The van der Waals surface area contributed by atoms with Crippen LogP contribution < -0.4 is 15.0 Å². The molecule has 0 aromatic heterocycles. The van der Waals surface area contributed by atoms with Crippen molar-refractivity contribution in [1.82, 2.24) is 5.32 Å². The lowest BCUT2D eigenvalue weighted by atomic mass is 10.1. The number of amides is 1. The van der Waals surface area contributed by atoms with Crippen molar-refractivity contribution in [3.63, 3.8) is 0 Å². The molecule has 1 amide bonds. The van der Waals surface area contributed by atoms with E-state index in [0.29, 0.717) is 12.8 Å².